The molecule has 4 N–H and O–H groups in total. The number of hydrogen-bond acceptors (Lipinski definition) is 8. The van der Waals surface area contributed by atoms with Crippen molar-refractivity contribution < 1.29 is 0 Å². The van der Waals surface area contributed by atoms with Crippen LogP contribution in [-0.2, 0) is 25.7 Å². The second kappa shape index (κ2) is 18.5. The van der Waals surface area contributed by atoms with Gasteiger partial charge in [-0.05, 0) is 85.0 Å². The van der Waals surface area contributed by atoms with E-state index >= 15 is 0 Å². The van der Waals surface area contributed by atoms with Crippen LogP contribution >= 0.6 is 0 Å². The Morgan fingerprint density at radius 3 is 1.17 bits per heavy atom. The zero-order chi connectivity index (χ0) is 32.7. The summed E-state index contributed by atoms with van der Waals surface area (Å²) in [4.78, 5) is 19.8. The second-order valence-electron chi connectivity index (χ2n) is 12.3. The van der Waals surface area contributed by atoms with Gasteiger partial charge < -0.3 is 21.3 Å². The van der Waals surface area contributed by atoms with Gasteiger partial charge in [0.2, 0.25) is 11.9 Å². The van der Waals surface area contributed by atoms with Gasteiger partial charge in [-0.1, -0.05) is 80.1 Å². The zero-order valence-corrected chi connectivity index (χ0v) is 29.4. The summed E-state index contributed by atoms with van der Waals surface area (Å²) >= 11 is 0. The van der Waals surface area contributed by atoms with Crippen LogP contribution in [-0.4, -0.2) is 46.1 Å². The number of fused-ring (bicyclic) bond motifs is 2. The smallest absolute Gasteiger partial charge is 0.225 e. The molecule has 4 rings (SSSR count). The third-order valence-corrected chi connectivity index (χ3v) is 8.89. The number of nitrogens with one attached hydrogen (secondary N) is 4. The summed E-state index contributed by atoms with van der Waals surface area (Å²) in [5.74, 6) is 3.15. The Kier molecular flexibility index (Phi) is 14.1. The van der Waals surface area contributed by atoms with Gasteiger partial charge in [0.05, 0.1) is 11.0 Å². The Labute approximate surface area is 277 Å². The molecule has 0 radical (unpaired) electrons. The first-order valence-electron chi connectivity index (χ1n) is 18.2. The van der Waals surface area contributed by atoms with Crippen molar-refractivity contribution in [3.05, 3.63) is 46.5 Å². The van der Waals surface area contributed by atoms with Crippen LogP contribution in [0.4, 0.5) is 23.5 Å². The molecular formula is C38H58N8. The highest BCUT2D eigenvalue weighted by molar-refractivity contribution is 5.92. The number of hydrogen-bond donors (Lipinski definition) is 4. The lowest BCUT2D eigenvalue weighted by molar-refractivity contribution is 0.683. The molecule has 0 saturated heterocycles. The lowest BCUT2D eigenvalue weighted by atomic mass is 10.00. The topological polar surface area (TPSA) is 99.7 Å². The van der Waals surface area contributed by atoms with Gasteiger partial charge in [0, 0.05) is 37.0 Å². The van der Waals surface area contributed by atoms with Crippen LogP contribution < -0.4 is 21.3 Å². The van der Waals surface area contributed by atoms with E-state index < -0.39 is 0 Å². The molecule has 0 spiro atoms. The van der Waals surface area contributed by atoms with Gasteiger partial charge in [-0.2, -0.15) is 9.97 Å². The minimum atomic E-state index is 0.692. The SMILES string of the molecule is CCCCCCNc1nc(NCCNc2nc(NCCCCCC)nc3cc(CC)c(CC)cc23)c2cc(CC)c(CC)cc2n1. The molecule has 0 saturated carbocycles. The average Bonchev–Trinajstić information content (AvgIpc) is 3.08. The summed E-state index contributed by atoms with van der Waals surface area (Å²) in [6.45, 7) is 16.5. The van der Waals surface area contributed by atoms with Crippen LogP contribution in [0.5, 0.6) is 0 Å². The van der Waals surface area contributed by atoms with Gasteiger partial charge in [0.25, 0.3) is 0 Å². The Bertz CT molecular complexity index is 1420. The first-order valence-corrected chi connectivity index (χ1v) is 18.2. The maximum atomic E-state index is 4.96. The van der Waals surface area contributed by atoms with E-state index in [1.807, 2.05) is 0 Å². The molecule has 0 atom stereocenters. The molecule has 4 aromatic rings. The van der Waals surface area contributed by atoms with Crippen molar-refractivity contribution in [1.29, 1.82) is 0 Å². The largest absolute Gasteiger partial charge is 0.368 e. The third kappa shape index (κ3) is 9.43. The van der Waals surface area contributed by atoms with Crippen molar-refractivity contribution in [2.45, 2.75) is 119 Å². The van der Waals surface area contributed by atoms with Crippen molar-refractivity contribution in [2.24, 2.45) is 0 Å². The maximum absolute atomic E-state index is 4.96. The van der Waals surface area contributed by atoms with E-state index in [1.54, 1.807) is 0 Å². The molecule has 0 aliphatic rings. The molecule has 0 bridgehead atoms. The van der Waals surface area contributed by atoms with Crippen LogP contribution in [0, 0.1) is 0 Å². The van der Waals surface area contributed by atoms with Crippen LogP contribution in [0.15, 0.2) is 24.3 Å². The Hall–Kier alpha value is -3.68. The summed E-state index contributed by atoms with van der Waals surface area (Å²) in [5.41, 5.74) is 7.43. The molecular weight excluding hydrogens is 568 g/mol. The molecule has 0 fully saturated rings. The first-order chi connectivity index (χ1) is 22.5. The number of unbranched alkanes of at least 4 members (excludes halogenated alkanes) is 6. The summed E-state index contributed by atoms with van der Waals surface area (Å²) in [6, 6.07) is 9.06. The third-order valence-electron chi connectivity index (χ3n) is 8.89. The highest BCUT2D eigenvalue weighted by Gasteiger charge is 2.14. The van der Waals surface area contributed by atoms with Crippen LogP contribution in [0.3, 0.4) is 0 Å². The van der Waals surface area contributed by atoms with E-state index in [0.29, 0.717) is 25.0 Å². The normalized spacial score (nSPS) is 11.3. The second-order valence-corrected chi connectivity index (χ2v) is 12.3. The standard InChI is InChI=1S/C38H58N8/c1-7-13-15-17-19-41-37-43-33-25-29(11-5)27(9-3)23-31(33)35(45-37)39-21-22-40-36-32-24-28(10-4)30(12-6)26-34(32)44-38(46-36)42-20-18-16-14-8-2/h23-26H,7-22H2,1-6H3,(H2,39,41,43,45)(H2,40,42,44,46). The number of rotatable bonds is 21. The lowest BCUT2D eigenvalue weighted by Crippen LogP contribution is -2.17. The van der Waals surface area contributed by atoms with Gasteiger partial charge in [-0.15, -0.1) is 0 Å². The lowest BCUT2D eigenvalue weighted by Gasteiger charge is -2.16. The molecule has 8 nitrogen and oxygen atoms in total. The van der Waals surface area contributed by atoms with Crippen molar-refractivity contribution in [3.63, 3.8) is 0 Å². The van der Waals surface area contributed by atoms with Crippen LogP contribution in [0.25, 0.3) is 21.8 Å². The van der Waals surface area contributed by atoms with E-state index in [0.717, 1.165) is 85.1 Å². The highest BCUT2D eigenvalue weighted by atomic mass is 15.2. The molecule has 250 valence electrons. The highest BCUT2D eigenvalue weighted by Crippen LogP contribution is 2.28. The quantitative estimate of drug-likeness (QED) is 0.0679. The van der Waals surface area contributed by atoms with Crippen molar-refractivity contribution in [3.8, 4) is 0 Å². The van der Waals surface area contributed by atoms with E-state index in [-0.39, 0.29) is 0 Å². The predicted molar refractivity (Wildman–Crippen MR) is 199 cm³/mol. The molecule has 46 heavy (non-hydrogen) atoms. The van der Waals surface area contributed by atoms with Gasteiger partial charge in [0.15, 0.2) is 0 Å². The number of anilines is 4. The van der Waals surface area contributed by atoms with Crippen molar-refractivity contribution in [1.82, 2.24) is 19.9 Å². The Morgan fingerprint density at radius 2 is 0.804 bits per heavy atom. The fourth-order valence-corrected chi connectivity index (χ4v) is 6.14. The molecule has 2 aromatic heterocycles. The van der Waals surface area contributed by atoms with Crippen LogP contribution in [0.2, 0.25) is 0 Å². The summed E-state index contributed by atoms with van der Waals surface area (Å²) < 4.78 is 0. The van der Waals surface area contributed by atoms with Gasteiger partial charge in [-0.25, -0.2) is 9.97 Å². The van der Waals surface area contributed by atoms with E-state index in [2.05, 4.69) is 87.1 Å². The molecule has 0 unspecified atom stereocenters. The van der Waals surface area contributed by atoms with E-state index in [9.17, 15) is 0 Å². The minimum absolute atomic E-state index is 0.692. The number of aryl methyl sites for hydroxylation is 4. The molecule has 8 heteroatoms. The summed E-state index contributed by atoms with van der Waals surface area (Å²) in [5, 5.41) is 16.4. The minimum Gasteiger partial charge on any atom is -0.368 e. The van der Waals surface area contributed by atoms with E-state index in [1.165, 1.54) is 60.8 Å². The zero-order valence-electron chi connectivity index (χ0n) is 29.4. The number of aromatic nitrogens is 4. The van der Waals surface area contributed by atoms with E-state index in [4.69, 9.17) is 19.9 Å². The van der Waals surface area contributed by atoms with Gasteiger partial charge in [0.1, 0.15) is 11.6 Å². The molecule has 2 aromatic carbocycles. The average molecular weight is 627 g/mol. The summed E-state index contributed by atoms with van der Waals surface area (Å²) in [6.07, 6.45) is 13.7. The molecule has 0 aliphatic heterocycles. The summed E-state index contributed by atoms with van der Waals surface area (Å²) in [7, 11) is 0. The number of nitrogens with zero attached hydrogens (tertiary/aromatic N) is 4. The predicted octanol–water partition coefficient (Wildman–Crippen LogP) is 9.33. The van der Waals surface area contributed by atoms with Gasteiger partial charge in [-0.3, -0.25) is 0 Å². The first kappa shape index (κ1) is 35.2. The molecule has 0 aliphatic carbocycles. The maximum Gasteiger partial charge on any atom is 0.225 e. The molecule has 0 amide bonds. The Balaban J connectivity index is 1.54. The fourth-order valence-electron chi connectivity index (χ4n) is 6.14. The Morgan fingerprint density at radius 1 is 0.413 bits per heavy atom. The van der Waals surface area contributed by atoms with Crippen molar-refractivity contribution in [2.75, 3.05) is 47.4 Å². The fraction of sp³-hybridized carbons (Fsp3) is 0.579. The van der Waals surface area contributed by atoms with Gasteiger partial charge >= 0.3 is 0 Å². The number of benzene rings is 2. The molecule has 2 heterocycles. The van der Waals surface area contributed by atoms with Crippen molar-refractivity contribution >= 4 is 45.3 Å². The van der Waals surface area contributed by atoms with Crippen LogP contribution in [0.1, 0.15) is 115 Å². The monoisotopic (exact) mass is 626 g/mol.